The van der Waals surface area contributed by atoms with Crippen molar-refractivity contribution in [3.8, 4) is 11.5 Å². The second-order valence-corrected chi connectivity index (χ2v) is 8.22. The third-order valence-electron chi connectivity index (χ3n) is 5.09. The highest BCUT2D eigenvalue weighted by molar-refractivity contribution is 7.09. The number of hydrogen-bond acceptors (Lipinski definition) is 6. The largest absolute Gasteiger partial charge is 0.486 e. The van der Waals surface area contributed by atoms with E-state index in [0.717, 1.165) is 23.5 Å². The highest BCUT2D eigenvalue weighted by atomic mass is 32.1. The molecule has 2 aromatic heterocycles. The number of aryl methyl sites for hydroxylation is 1. The zero-order chi connectivity index (χ0) is 21.1. The van der Waals surface area contributed by atoms with Crippen LogP contribution in [0.5, 0.6) is 11.5 Å². The smallest absolute Gasteiger partial charge is 0.310 e. The molecule has 0 amide bonds. The Labute approximate surface area is 179 Å². The molecule has 156 valence electrons. The van der Waals surface area contributed by atoms with Crippen molar-refractivity contribution in [1.29, 1.82) is 0 Å². The van der Waals surface area contributed by atoms with Crippen molar-refractivity contribution in [3.63, 3.8) is 0 Å². The molecule has 0 saturated carbocycles. The maximum Gasteiger partial charge on any atom is 0.310 e. The summed E-state index contributed by atoms with van der Waals surface area (Å²) in [7, 11) is 0. The molecule has 3 heterocycles. The van der Waals surface area contributed by atoms with Gasteiger partial charge in [-0.05, 0) is 49.1 Å². The molecule has 0 N–H and O–H groups in total. The molecular formula is C23H23NO5S. The average molecular weight is 426 g/mol. The van der Waals surface area contributed by atoms with Crippen molar-refractivity contribution in [2.45, 2.75) is 26.8 Å². The first-order valence-corrected chi connectivity index (χ1v) is 10.7. The number of nitrogens with zero attached hydrogens (tertiary/aromatic N) is 1. The molecular weight excluding hydrogens is 402 g/mol. The fourth-order valence-electron chi connectivity index (χ4n) is 3.52. The lowest BCUT2D eigenvalue weighted by molar-refractivity contribution is -0.141. The van der Waals surface area contributed by atoms with Gasteiger partial charge in [0.1, 0.15) is 13.2 Å². The van der Waals surface area contributed by atoms with Gasteiger partial charge in [0.25, 0.3) is 0 Å². The standard InChI is InChI=1S/C23H23NO5S/c1-15-10-19(16(2)24(15)13-18-4-3-9-30-18)20(25)14-29-23(26)12-17-5-6-21-22(11-17)28-8-7-27-21/h3-6,9-11H,7-8,12-14H2,1-2H3. The van der Waals surface area contributed by atoms with Gasteiger partial charge in [-0.25, -0.2) is 0 Å². The van der Waals surface area contributed by atoms with Gasteiger partial charge in [-0.15, -0.1) is 11.3 Å². The normalized spacial score (nSPS) is 12.6. The van der Waals surface area contributed by atoms with E-state index in [-0.39, 0.29) is 18.8 Å². The number of carbonyl (C=O) groups is 2. The molecule has 3 aromatic rings. The number of esters is 1. The zero-order valence-corrected chi connectivity index (χ0v) is 17.8. The van der Waals surface area contributed by atoms with Crippen LogP contribution in [0.2, 0.25) is 0 Å². The summed E-state index contributed by atoms with van der Waals surface area (Å²) < 4.78 is 18.4. The number of ketones is 1. The molecule has 0 spiro atoms. The van der Waals surface area contributed by atoms with Crippen molar-refractivity contribution in [2.75, 3.05) is 19.8 Å². The molecule has 4 rings (SSSR count). The summed E-state index contributed by atoms with van der Waals surface area (Å²) in [5.41, 5.74) is 3.24. The Morgan fingerprint density at radius 2 is 1.90 bits per heavy atom. The SMILES string of the molecule is Cc1cc(C(=O)COC(=O)Cc2ccc3c(c2)OCCO3)c(C)n1Cc1cccs1. The van der Waals surface area contributed by atoms with Crippen LogP contribution >= 0.6 is 11.3 Å². The predicted molar refractivity (Wildman–Crippen MR) is 114 cm³/mol. The lowest BCUT2D eigenvalue weighted by Gasteiger charge is -2.18. The van der Waals surface area contributed by atoms with Crippen LogP contribution < -0.4 is 9.47 Å². The Balaban J connectivity index is 1.36. The highest BCUT2D eigenvalue weighted by Crippen LogP contribution is 2.31. The second-order valence-electron chi connectivity index (χ2n) is 7.19. The summed E-state index contributed by atoms with van der Waals surface area (Å²) in [6.07, 6.45) is 0.0708. The van der Waals surface area contributed by atoms with Crippen LogP contribution in [0.3, 0.4) is 0 Å². The van der Waals surface area contributed by atoms with E-state index in [0.29, 0.717) is 30.3 Å². The first-order valence-electron chi connectivity index (χ1n) is 9.77. The number of fused-ring (bicyclic) bond motifs is 1. The topological polar surface area (TPSA) is 66.8 Å². The maximum absolute atomic E-state index is 12.7. The summed E-state index contributed by atoms with van der Waals surface area (Å²) in [6, 6.07) is 11.3. The van der Waals surface area contributed by atoms with Gasteiger partial charge < -0.3 is 18.8 Å². The number of Topliss-reactive ketones (excluding diaryl/α,β-unsaturated/α-hetero) is 1. The summed E-state index contributed by atoms with van der Waals surface area (Å²) in [5.74, 6) is 0.649. The van der Waals surface area contributed by atoms with E-state index >= 15 is 0 Å². The minimum Gasteiger partial charge on any atom is -0.486 e. The fourth-order valence-corrected chi connectivity index (χ4v) is 4.22. The number of aromatic nitrogens is 1. The van der Waals surface area contributed by atoms with Gasteiger partial charge in [-0.1, -0.05) is 12.1 Å². The number of thiophene rings is 1. The first-order chi connectivity index (χ1) is 14.5. The van der Waals surface area contributed by atoms with E-state index in [1.54, 1.807) is 29.5 Å². The number of carbonyl (C=O) groups excluding carboxylic acids is 2. The Hall–Kier alpha value is -3.06. The molecule has 7 heteroatoms. The summed E-state index contributed by atoms with van der Waals surface area (Å²) in [6.45, 7) is 5.36. The van der Waals surface area contributed by atoms with E-state index in [9.17, 15) is 9.59 Å². The van der Waals surface area contributed by atoms with Gasteiger partial charge in [-0.3, -0.25) is 9.59 Å². The van der Waals surface area contributed by atoms with E-state index < -0.39 is 5.97 Å². The molecule has 0 aliphatic carbocycles. The Bertz CT molecular complexity index is 1070. The third-order valence-corrected chi connectivity index (χ3v) is 5.95. The van der Waals surface area contributed by atoms with Gasteiger partial charge in [0.2, 0.25) is 5.78 Å². The fraction of sp³-hybridized carbons (Fsp3) is 0.304. The van der Waals surface area contributed by atoms with Crippen LogP contribution in [0.4, 0.5) is 0 Å². The molecule has 0 saturated heterocycles. The van der Waals surface area contributed by atoms with E-state index in [2.05, 4.69) is 10.6 Å². The quantitative estimate of drug-likeness (QED) is 0.424. The molecule has 0 bridgehead atoms. The highest BCUT2D eigenvalue weighted by Gasteiger charge is 2.18. The van der Waals surface area contributed by atoms with Gasteiger partial charge in [0.05, 0.1) is 13.0 Å². The van der Waals surface area contributed by atoms with Crippen molar-refractivity contribution >= 4 is 23.1 Å². The van der Waals surface area contributed by atoms with Gasteiger partial charge in [0.15, 0.2) is 18.1 Å². The summed E-state index contributed by atoms with van der Waals surface area (Å²) in [4.78, 5) is 26.1. The van der Waals surface area contributed by atoms with Crippen molar-refractivity contribution < 1.29 is 23.8 Å². The minimum atomic E-state index is -0.451. The van der Waals surface area contributed by atoms with Crippen molar-refractivity contribution in [2.24, 2.45) is 0 Å². The molecule has 30 heavy (non-hydrogen) atoms. The van der Waals surface area contributed by atoms with Crippen molar-refractivity contribution in [3.05, 3.63) is 69.2 Å². The van der Waals surface area contributed by atoms with Crippen molar-refractivity contribution in [1.82, 2.24) is 4.57 Å². The molecule has 0 fully saturated rings. The van der Waals surface area contributed by atoms with Crippen LogP contribution in [0, 0.1) is 13.8 Å². The van der Waals surface area contributed by atoms with Crippen LogP contribution in [0.15, 0.2) is 41.8 Å². The zero-order valence-electron chi connectivity index (χ0n) is 17.0. The van der Waals surface area contributed by atoms with Crippen LogP contribution in [-0.4, -0.2) is 36.1 Å². The van der Waals surface area contributed by atoms with Crippen LogP contribution in [0.25, 0.3) is 0 Å². The van der Waals surface area contributed by atoms with Crippen LogP contribution in [0.1, 0.15) is 32.2 Å². The van der Waals surface area contributed by atoms with E-state index in [1.165, 1.54) is 4.88 Å². The second kappa shape index (κ2) is 8.75. The summed E-state index contributed by atoms with van der Waals surface area (Å²) in [5, 5.41) is 2.04. The lowest BCUT2D eigenvalue weighted by Crippen LogP contribution is -2.17. The van der Waals surface area contributed by atoms with Gasteiger partial charge in [0, 0.05) is 21.8 Å². The predicted octanol–water partition coefficient (Wildman–Crippen LogP) is 3.95. The first kappa shape index (κ1) is 20.2. The van der Waals surface area contributed by atoms with E-state index in [1.807, 2.05) is 31.4 Å². The minimum absolute atomic E-state index is 0.0708. The molecule has 1 aliphatic heterocycles. The molecule has 0 atom stereocenters. The van der Waals surface area contributed by atoms with Gasteiger partial charge >= 0.3 is 5.97 Å². The Kier molecular flexibility index (Phi) is 5.90. The molecule has 0 radical (unpaired) electrons. The molecule has 6 nitrogen and oxygen atoms in total. The Morgan fingerprint density at radius 1 is 1.10 bits per heavy atom. The lowest BCUT2D eigenvalue weighted by atomic mass is 10.1. The monoisotopic (exact) mass is 425 g/mol. The Morgan fingerprint density at radius 3 is 2.67 bits per heavy atom. The summed E-state index contributed by atoms with van der Waals surface area (Å²) >= 11 is 1.68. The number of benzene rings is 1. The molecule has 1 aliphatic rings. The molecule has 1 aromatic carbocycles. The van der Waals surface area contributed by atoms with Crippen LogP contribution in [-0.2, 0) is 22.5 Å². The average Bonchev–Trinajstić information content (AvgIpc) is 3.36. The number of ether oxygens (including phenoxy) is 3. The molecule has 0 unspecified atom stereocenters. The van der Waals surface area contributed by atoms with E-state index in [4.69, 9.17) is 14.2 Å². The van der Waals surface area contributed by atoms with Gasteiger partial charge in [-0.2, -0.15) is 0 Å². The third kappa shape index (κ3) is 4.41. The number of hydrogen-bond donors (Lipinski definition) is 0. The maximum atomic E-state index is 12.7. The number of rotatable bonds is 7.